The van der Waals surface area contributed by atoms with Crippen LogP contribution in [0.3, 0.4) is 0 Å². The Morgan fingerprint density at radius 1 is 1.42 bits per heavy atom. The van der Waals surface area contributed by atoms with Gasteiger partial charge in [0.15, 0.2) is 0 Å². The van der Waals surface area contributed by atoms with E-state index in [-0.39, 0.29) is 11.2 Å². The third-order valence-electron chi connectivity index (χ3n) is 1.66. The van der Waals surface area contributed by atoms with Crippen LogP contribution in [0.4, 0.5) is 0 Å². The summed E-state index contributed by atoms with van der Waals surface area (Å²) in [5, 5.41) is 0.466. The van der Waals surface area contributed by atoms with Crippen LogP contribution >= 0.6 is 15.9 Å². The molecule has 0 aliphatic heterocycles. The van der Waals surface area contributed by atoms with E-state index < -0.39 is 0 Å². The average molecular weight is 233 g/mol. The first-order valence-corrected chi connectivity index (χ1v) is 4.51. The smallest absolute Gasteiger partial charge is 0.303 e. The minimum atomic E-state index is -0.301. The zero-order valence-corrected chi connectivity index (χ0v) is 8.46. The van der Waals surface area contributed by atoms with Crippen molar-refractivity contribution in [2.75, 3.05) is 0 Å². The summed E-state index contributed by atoms with van der Waals surface area (Å²) in [6, 6.07) is 0. The second-order valence-corrected chi connectivity index (χ2v) is 3.11. The highest BCUT2D eigenvalue weighted by molar-refractivity contribution is 9.08. The highest BCUT2D eigenvalue weighted by Gasteiger charge is 2.03. The molecule has 0 N–H and O–H groups in total. The molecule has 0 fully saturated rings. The molecule has 5 heteroatoms. The topological polar surface area (TPSA) is 44.0 Å². The fraction of sp³-hybridized carbons (Fsp3) is 0.429. The molecular formula is C7H9BrN2O2. The predicted molar refractivity (Wildman–Crippen MR) is 49.6 cm³/mol. The molecule has 0 aliphatic rings. The van der Waals surface area contributed by atoms with Gasteiger partial charge in [-0.05, 0) is 0 Å². The third-order valence-corrected chi connectivity index (χ3v) is 2.27. The molecule has 1 aromatic rings. The summed E-state index contributed by atoms with van der Waals surface area (Å²) in [6.45, 7) is 0. The number of halogens is 1. The molecule has 66 valence electrons. The van der Waals surface area contributed by atoms with E-state index in [0.29, 0.717) is 10.9 Å². The molecule has 0 aromatic carbocycles. The Bertz CT molecular complexity index is 405. The van der Waals surface area contributed by atoms with Crippen LogP contribution in [0, 0.1) is 0 Å². The number of aryl methyl sites for hydroxylation is 1. The monoisotopic (exact) mass is 232 g/mol. The predicted octanol–water partition coefficient (Wildman–Crippen LogP) is -0.0211. The maximum atomic E-state index is 11.3. The molecule has 1 heterocycles. The van der Waals surface area contributed by atoms with Gasteiger partial charge in [0.05, 0.1) is 0 Å². The normalized spacial score (nSPS) is 10.2. The SMILES string of the molecule is Cn1cc(CBr)c(=O)n(C)c1=O. The molecule has 1 rings (SSSR count). The first-order chi connectivity index (χ1) is 5.57. The Hall–Kier alpha value is -0.840. The van der Waals surface area contributed by atoms with E-state index in [1.165, 1.54) is 11.6 Å². The summed E-state index contributed by atoms with van der Waals surface area (Å²) in [5.41, 5.74) is 0.0410. The average Bonchev–Trinajstić information content (AvgIpc) is 2.08. The van der Waals surface area contributed by atoms with Gasteiger partial charge >= 0.3 is 5.69 Å². The zero-order valence-electron chi connectivity index (χ0n) is 6.87. The van der Waals surface area contributed by atoms with Crippen molar-refractivity contribution in [1.29, 1.82) is 0 Å². The molecule has 0 unspecified atom stereocenters. The molecule has 4 nitrogen and oxygen atoms in total. The first kappa shape index (κ1) is 9.25. The molecule has 0 bridgehead atoms. The van der Waals surface area contributed by atoms with Crippen molar-refractivity contribution in [2.45, 2.75) is 5.33 Å². The van der Waals surface area contributed by atoms with E-state index in [2.05, 4.69) is 15.9 Å². The van der Waals surface area contributed by atoms with Crippen molar-refractivity contribution in [3.05, 3.63) is 32.6 Å². The van der Waals surface area contributed by atoms with E-state index in [9.17, 15) is 9.59 Å². The van der Waals surface area contributed by atoms with Crippen LogP contribution in [0.2, 0.25) is 0 Å². The van der Waals surface area contributed by atoms with Crippen molar-refractivity contribution in [3.8, 4) is 0 Å². The van der Waals surface area contributed by atoms with Crippen LogP contribution in [0.1, 0.15) is 5.56 Å². The molecule has 1 aromatic heterocycles. The minimum Gasteiger partial charge on any atom is -0.303 e. The van der Waals surface area contributed by atoms with Crippen molar-refractivity contribution in [3.63, 3.8) is 0 Å². The van der Waals surface area contributed by atoms with E-state index in [4.69, 9.17) is 0 Å². The maximum Gasteiger partial charge on any atom is 0.330 e. The highest BCUT2D eigenvalue weighted by atomic mass is 79.9. The van der Waals surface area contributed by atoms with Crippen LogP contribution in [-0.4, -0.2) is 9.13 Å². The van der Waals surface area contributed by atoms with Gasteiger partial charge in [0.25, 0.3) is 5.56 Å². The van der Waals surface area contributed by atoms with Crippen LogP contribution in [0.5, 0.6) is 0 Å². The maximum absolute atomic E-state index is 11.3. The van der Waals surface area contributed by atoms with E-state index in [0.717, 1.165) is 4.57 Å². The van der Waals surface area contributed by atoms with Gasteiger partial charge in [-0.2, -0.15) is 0 Å². The van der Waals surface area contributed by atoms with Gasteiger partial charge < -0.3 is 4.57 Å². The van der Waals surface area contributed by atoms with E-state index in [1.54, 1.807) is 13.2 Å². The zero-order chi connectivity index (χ0) is 9.30. The lowest BCUT2D eigenvalue weighted by Gasteiger charge is -2.03. The van der Waals surface area contributed by atoms with Gasteiger partial charge in [0, 0.05) is 31.2 Å². The molecule has 0 radical (unpaired) electrons. The molecule has 0 saturated carbocycles. The Kier molecular flexibility index (Phi) is 2.52. The Morgan fingerprint density at radius 2 is 2.00 bits per heavy atom. The fourth-order valence-electron chi connectivity index (χ4n) is 0.975. The summed E-state index contributed by atoms with van der Waals surface area (Å²) in [6.07, 6.45) is 1.54. The number of rotatable bonds is 1. The minimum absolute atomic E-state index is 0.241. The van der Waals surface area contributed by atoms with Gasteiger partial charge in [0.2, 0.25) is 0 Å². The lowest BCUT2D eigenvalue weighted by molar-refractivity contribution is 0.676. The Balaban J connectivity index is 3.61. The Labute approximate surface area is 77.6 Å². The second kappa shape index (κ2) is 3.26. The quantitative estimate of drug-likeness (QED) is 0.640. The summed E-state index contributed by atoms with van der Waals surface area (Å²) in [4.78, 5) is 22.5. The standard InChI is InChI=1S/C7H9BrN2O2/c1-9-4-5(3-8)6(11)10(2)7(9)12/h4H,3H2,1-2H3. The molecule has 0 spiro atoms. The van der Waals surface area contributed by atoms with Crippen molar-refractivity contribution in [2.24, 2.45) is 14.1 Å². The summed E-state index contributed by atoms with van der Waals surface area (Å²) < 4.78 is 2.48. The molecule has 12 heavy (non-hydrogen) atoms. The summed E-state index contributed by atoms with van der Waals surface area (Å²) >= 11 is 3.17. The number of hydrogen-bond donors (Lipinski definition) is 0. The van der Waals surface area contributed by atoms with Crippen LogP contribution in [-0.2, 0) is 19.4 Å². The van der Waals surface area contributed by atoms with Crippen LogP contribution in [0.15, 0.2) is 15.8 Å². The molecule has 0 atom stereocenters. The number of nitrogens with zero attached hydrogens (tertiary/aromatic N) is 2. The molecule has 0 saturated heterocycles. The van der Waals surface area contributed by atoms with Gasteiger partial charge in [-0.25, -0.2) is 4.79 Å². The molecule has 0 amide bonds. The fourth-order valence-corrected chi connectivity index (χ4v) is 1.36. The largest absolute Gasteiger partial charge is 0.330 e. The third kappa shape index (κ3) is 1.36. The number of hydrogen-bond acceptors (Lipinski definition) is 2. The van der Waals surface area contributed by atoms with Crippen molar-refractivity contribution < 1.29 is 0 Å². The molecular weight excluding hydrogens is 224 g/mol. The second-order valence-electron chi connectivity index (χ2n) is 2.55. The van der Waals surface area contributed by atoms with Crippen LogP contribution < -0.4 is 11.2 Å². The van der Waals surface area contributed by atoms with Crippen molar-refractivity contribution in [1.82, 2.24) is 9.13 Å². The van der Waals surface area contributed by atoms with E-state index >= 15 is 0 Å². The number of alkyl halides is 1. The summed E-state index contributed by atoms with van der Waals surface area (Å²) in [7, 11) is 3.09. The molecule has 0 aliphatic carbocycles. The van der Waals surface area contributed by atoms with Crippen molar-refractivity contribution >= 4 is 15.9 Å². The van der Waals surface area contributed by atoms with Crippen LogP contribution in [0.25, 0.3) is 0 Å². The highest BCUT2D eigenvalue weighted by Crippen LogP contribution is 1.94. The van der Waals surface area contributed by atoms with Gasteiger partial charge in [-0.15, -0.1) is 0 Å². The van der Waals surface area contributed by atoms with Gasteiger partial charge in [-0.1, -0.05) is 15.9 Å². The van der Waals surface area contributed by atoms with Gasteiger partial charge in [-0.3, -0.25) is 9.36 Å². The first-order valence-electron chi connectivity index (χ1n) is 3.39. The summed E-state index contributed by atoms with van der Waals surface area (Å²) in [5.74, 6) is 0. The van der Waals surface area contributed by atoms with E-state index in [1.807, 2.05) is 0 Å². The lowest BCUT2D eigenvalue weighted by atomic mass is 10.4. The van der Waals surface area contributed by atoms with Gasteiger partial charge in [0.1, 0.15) is 0 Å². The Morgan fingerprint density at radius 3 is 2.50 bits per heavy atom. The lowest BCUT2D eigenvalue weighted by Crippen LogP contribution is -2.38. The number of aromatic nitrogens is 2.